The molecule has 0 aliphatic heterocycles. The molecular formula is C9H14Mo-. The zero-order valence-corrected chi connectivity index (χ0v) is 8.40. The molecule has 1 aliphatic carbocycles. The van der Waals surface area contributed by atoms with E-state index < -0.39 is 0 Å². The van der Waals surface area contributed by atoms with Crippen LogP contribution in [0.25, 0.3) is 0 Å². The van der Waals surface area contributed by atoms with Crippen molar-refractivity contribution in [2.45, 2.75) is 32.6 Å². The summed E-state index contributed by atoms with van der Waals surface area (Å²) < 4.78 is 1.59. The van der Waals surface area contributed by atoms with Gasteiger partial charge in [-0.2, -0.15) is 0 Å². The normalized spacial score (nSPS) is 16.9. The van der Waals surface area contributed by atoms with E-state index in [1.807, 2.05) is 0 Å². The molecule has 0 fully saturated rings. The summed E-state index contributed by atoms with van der Waals surface area (Å²) in [7, 11) is 0. The molecule has 0 aromatic heterocycles. The van der Waals surface area contributed by atoms with E-state index in [2.05, 4.69) is 38.9 Å². The van der Waals surface area contributed by atoms with Crippen LogP contribution in [0.2, 0.25) is 0 Å². The smallest absolute Gasteiger partial charge is 1.00 e. The second-order valence-corrected chi connectivity index (χ2v) is 3.87. The van der Waals surface area contributed by atoms with Gasteiger partial charge in [0, 0.05) is 0 Å². The Bertz CT molecular complexity index is 170. The van der Waals surface area contributed by atoms with Crippen molar-refractivity contribution >= 4 is 0 Å². The fourth-order valence-electron chi connectivity index (χ4n) is 1.12. The van der Waals surface area contributed by atoms with E-state index in [4.69, 9.17) is 0 Å². The van der Waals surface area contributed by atoms with Crippen LogP contribution < -0.4 is 0 Å². The molecule has 0 nitrogen and oxygen atoms in total. The molecule has 0 amide bonds. The van der Waals surface area contributed by atoms with Gasteiger partial charge in [0.25, 0.3) is 0 Å². The van der Waals surface area contributed by atoms with Crippen molar-refractivity contribution in [3.63, 3.8) is 0 Å². The van der Waals surface area contributed by atoms with Gasteiger partial charge in [0.2, 0.25) is 0 Å². The van der Waals surface area contributed by atoms with Gasteiger partial charge < -0.3 is 1.43 Å². The van der Waals surface area contributed by atoms with Crippen molar-refractivity contribution < 1.29 is 21.2 Å². The van der Waals surface area contributed by atoms with E-state index in [9.17, 15) is 0 Å². The molecule has 0 saturated carbocycles. The summed E-state index contributed by atoms with van der Waals surface area (Å²) in [5.41, 5.74) is 1.59. The summed E-state index contributed by atoms with van der Waals surface area (Å²) in [4.78, 5) is 0. The Morgan fingerprint density at radius 2 is 2.50 bits per heavy atom. The van der Waals surface area contributed by atoms with E-state index >= 15 is 0 Å². The minimum atomic E-state index is 0. The molecule has 1 heteroatoms. The van der Waals surface area contributed by atoms with Crippen molar-refractivity contribution in [3.8, 4) is 0 Å². The molecule has 0 saturated heterocycles. The third-order valence-electron chi connectivity index (χ3n) is 1.78. The van der Waals surface area contributed by atoms with Crippen LogP contribution >= 0.6 is 0 Å². The Kier molecular flexibility index (Phi) is 3.42. The first-order valence-corrected chi connectivity index (χ1v) is 4.90. The van der Waals surface area contributed by atoms with Crippen LogP contribution in [0.1, 0.15) is 34.0 Å². The molecule has 57 valence electrons. The van der Waals surface area contributed by atoms with Crippen LogP contribution in [-0.2, 0) is 19.8 Å². The largest absolute Gasteiger partial charge is 1.00 e. The number of unbranched alkanes of at least 4 members (excludes halogenated alkanes) is 1. The monoisotopic (exact) mass is 220 g/mol. The number of hydrogen-bond acceptors (Lipinski definition) is 0. The molecule has 0 aromatic rings. The Labute approximate surface area is 75.8 Å². The van der Waals surface area contributed by atoms with Gasteiger partial charge in [-0.15, -0.1) is 0 Å². The molecule has 1 aliphatic rings. The van der Waals surface area contributed by atoms with Crippen LogP contribution in [0.3, 0.4) is 0 Å². The summed E-state index contributed by atoms with van der Waals surface area (Å²) in [6.07, 6.45) is 9.70. The van der Waals surface area contributed by atoms with Gasteiger partial charge in [-0.25, -0.2) is 0 Å². The first-order chi connectivity index (χ1) is 4.84. The molecular weight excluding hydrogens is 204 g/mol. The average molecular weight is 218 g/mol. The molecule has 0 bridgehead atoms. The van der Waals surface area contributed by atoms with Crippen molar-refractivity contribution in [1.82, 2.24) is 0 Å². The molecule has 0 radical (unpaired) electrons. The SMILES string of the molecule is CCCCC1=[C]([Mo])CC=C1.[H-]. The second kappa shape index (κ2) is 4.13. The standard InChI is InChI=1S/C9H13.Mo.H/c1-2-3-6-9-7-4-5-8-9;;/h4,7H,2-3,5-6H2,1H3;;/q;;-1. The predicted molar refractivity (Wildman–Crippen MR) is 41.4 cm³/mol. The first-order valence-electron chi connectivity index (χ1n) is 3.90. The summed E-state index contributed by atoms with van der Waals surface area (Å²) in [6.45, 7) is 2.25. The van der Waals surface area contributed by atoms with E-state index in [0.29, 0.717) is 0 Å². The van der Waals surface area contributed by atoms with E-state index in [1.54, 1.807) is 9.54 Å². The van der Waals surface area contributed by atoms with Crippen molar-refractivity contribution in [2.24, 2.45) is 0 Å². The van der Waals surface area contributed by atoms with Gasteiger partial charge in [-0.3, -0.25) is 0 Å². The van der Waals surface area contributed by atoms with Gasteiger partial charge in [0.05, 0.1) is 0 Å². The van der Waals surface area contributed by atoms with Crippen molar-refractivity contribution in [3.05, 3.63) is 21.7 Å². The van der Waals surface area contributed by atoms with Crippen molar-refractivity contribution in [2.75, 3.05) is 0 Å². The minimum absolute atomic E-state index is 0. The zero-order chi connectivity index (χ0) is 7.40. The molecule has 0 unspecified atom stereocenters. The van der Waals surface area contributed by atoms with Crippen LogP contribution in [-0.4, -0.2) is 0 Å². The molecule has 10 heavy (non-hydrogen) atoms. The van der Waals surface area contributed by atoms with E-state index in [-0.39, 0.29) is 1.43 Å². The molecule has 0 heterocycles. The maximum absolute atomic E-state index is 2.29. The molecule has 0 spiro atoms. The van der Waals surface area contributed by atoms with Gasteiger partial charge in [-0.05, 0) is 0 Å². The average Bonchev–Trinajstić information content (AvgIpc) is 2.31. The van der Waals surface area contributed by atoms with Crippen molar-refractivity contribution in [1.29, 1.82) is 0 Å². The zero-order valence-electron chi connectivity index (χ0n) is 7.39. The minimum Gasteiger partial charge on any atom is -1.00 e. The van der Waals surface area contributed by atoms with Crippen LogP contribution in [0.4, 0.5) is 0 Å². The summed E-state index contributed by atoms with van der Waals surface area (Å²) in [6, 6.07) is 0. The Hall–Kier alpha value is 0.168. The van der Waals surface area contributed by atoms with E-state index in [0.717, 1.165) is 0 Å². The second-order valence-electron chi connectivity index (χ2n) is 2.66. The van der Waals surface area contributed by atoms with Gasteiger partial charge in [0.1, 0.15) is 0 Å². The van der Waals surface area contributed by atoms with Gasteiger partial charge in [-0.1, -0.05) is 0 Å². The Morgan fingerprint density at radius 3 is 3.00 bits per heavy atom. The first kappa shape index (κ1) is 8.27. The van der Waals surface area contributed by atoms with E-state index in [1.165, 1.54) is 25.7 Å². The third kappa shape index (κ3) is 2.09. The number of hydrogen-bond donors (Lipinski definition) is 0. The predicted octanol–water partition coefficient (Wildman–Crippen LogP) is 3.05. The van der Waals surface area contributed by atoms with Gasteiger partial charge in [0.15, 0.2) is 0 Å². The number of rotatable bonds is 3. The Balaban J connectivity index is 0.000001000. The Morgan fingerprint density at radius 1 is 1.70 bits per heavy atom. The molecule has 0 atom stereocenters. The number of allylic oxidation sites excluding steroid dienone is 4. The van der Waals surface area contributed by atoms with Crippen LogP contribution in [0.15, 0.2) is 21.7 Å². The van der Waals surface area contributed by atoms with Gasteiger partial charge >= 0.3 is 74.1 Å². The topological polar surface area (TPSA) is 0 Å². The summed E-state index contributed by atoms with van der Waals surface area (Å²) >= 11 is 2.17. The molecule has 0 aromatic carbocycles. The fourth-order valence-corrected chi connectivity index (χ4v) is 1.78. The summed E-state index contributed by atoms with van der Waals surface area (Å²) in [5, 5.41) is 0. The van der Waals surface area contributed by atoms with Crippen LogP contribution in [0.5, 0.6) is 0 Å². The molecule has 1 rings (SSSR count). The molecule has 0 N–H and O–H groups in total. The maximum Gasteiger partial charge on any atom is -1.00 e. The maximum atomic E-state index is 2.29. The van der Waals surface area contributed by atoms with Crippen LogP contribution in [0, 0.1) is 0 Å². The fraction of sp³-hybridized carbons (Fsp3) is 0.556. The summed E-state index contributed by atoms with van der Waals surface area (Å²) in [5.74, 6) is 0. The quantitative estimate of drug-likeness (QED) is 0.638. The third-order valence-corrected chi connectivity index (χ3v) is 2.83.